The van der Waals surface area contributed by atoms with Gasteiger partial charge in [0.25, 0.3) is 0 Å². The third-order valence-corrected chi connectivity index (χ3v) is 3.26. The number of carbonyl (C=O) groups excluding carboxylic acids is 1. The van der Waals surface area contributed by atoms with Gasteiger partial charge in [-0.15, -0.1) is 0 Å². The fourth-order valence-electron chi connectivity index (χ4n) is 1.79. The first-order valence-electron chi connectivity index (χ1n) is 5.94. The summed E-state index contributed by atoms with van der Waals surface area (Å²) in [6.07, 6.45) is -0.672. The number of urea groups is 1. The molecule has 1 rings (SSSR count). The Morgan fingerprint density at radius 1 is 1.50 bits per heavy atom. The van der Waals surface area contributed by atoms with Gasteiger partial charge in [-0.1, -0.05) is 0 Å². The number of likely N-dealkylation sites (N-methyl/N-ethyl adjacent to an activating group) is 1. The quantitative estimate of drug-likeness (QED) is 0.612. The van der Waals surface area contributed by atoms with Gasteiger partial charge in [0.2, 0.25) is 0 Å². The van der Waals surface area contributed by atoms with Crippen molar-refractivity contribution >= 4 is 12.0 Å². The molecule has 0 aromatic rings. The van der Waals surface area contributed by atoms with E-state index in [-0.39, 0.29) is 19.0 Å². The highest BCUT2D eigenvalue weighted by Gasteiger charge is 2.38. The summed E-state index contributed by atoms with van der Waals surface area (Å²) < 4.78 is 0. The Bertz CT molecular complexity index is 321. The van der Waals surface area contributed by atoms with Crippen LogP contribution in [0.15, 0.2) is 0 Å². The van der Waals surface area contributed by atoms with Crippen LogP contribution in [0.5, 0.6) is 0 Å². The molecule has 0 bridgehead atoms. The number of rotatable bonds is 4. The van der Waals surface area contributed by atoms with Gasteiger partial charge in [0.05, 0.1) is 6.10 Å². The maximum Gasteiger partial charge on any atom is 0.326 e. The number of aliphatic carboxylic acids is 1. The zero-order chi connectivity index (χ0) is 13.9. The largest absolute Gasteiger partial charge is 0.480 e. The molecule has 7 heteroatoms. The molecule has 3 N–H and O–H groups in total. The lowest BCUT2D eigenvalue weighted by molar-refractivity contribution is -0.141. The Labute approximate surface area is 106 Å². The minimum Gasteiger partial charge on any atom is -0.480 e. The summed E-state index contributed by atoms with van der Waals surface area (Å²) in [5, 5.41) is 21.1. The number of carbonyl (C=O) groups is 2. The van der Waals surface area contributed by atoms with E-state index >= 15 is 0 Å². The SMILES string of the molecule is CC(CNC(=O)N1CC(O)C[C@H]1C(=O)O)N(C)C. The summed E-state index contributed by atoms with van der Waals surface area (Å²) >= 11 is 0. The second kappa shape index (κ2) is 6.01. The number of hydrogen-bond donors (Lipinski definition) is 3. The molecular weight excluding hydrogens is 238 g/mol. The molecule has 2 amide bonds. The normalized spacial score (nSPS) is 25.3. The number of β-amino-alcohol motifs (C(OH)–C–C–N with tert-alkyl or cyclic N) is 1. The van der Waals surface area contributed by atoms with Crippen molar-refractivity contribution in [2.75, 3.05) is 27.2 Å². The number of carboxylic acids is 1. The molecule has 104 valence electrons. The third kappa shape index (κ3) is 3.58. The summed E-state index contributed by atoms with van der Waals surface area (Å²) in [7, 11) is 3.80. The number of aliphatic hydroxyl groups excluding tert-OH is 1. The summed E-state index contributed by atoms with van der Waals surface area (Å²) in [4.78, 5) is 26.0. The van der Waals surface area contributed by atoms with E-state index in [0.717, 1.165) is 0 Å². The second-order valence-corrected chi connectivity index (χ2v) is 4.89. The standard InChI is InChI=1S/C11H21N3O4/c1-7(13(2)3)5-12-11(18)14-6-8(15)4-9(14)10(16)17/h7-9,15H,4-6H2,1-3H3,(H,12,18)(H,16,17)/t7?,8?,9-/m0/s1. The molecular formula is C11H21N3O4. The molecule has 1 aliphatic rings. The van der Waals surface area contributed by atoms with Crippen LogP contribution in [-0.4, -0.2) is 77.4 Å². The number of carboxylic acid groups (broad SMARTS) is 1. The number of amides is 2. The number of nitrogens with one attached hydrogen (secondary N) is 1. The molecule has 7 nitrogen and oxygen atoms in total. The summed E-state index contributed by atoms with van der Waals surface area (Å²) in [6, 6.07) is -1.22. The highest BCUT2D eigenvalue weighted by molar-refractivity contribution is 5.83. The van der Waals surface area contributed by atoms with E-state index in [9.17, 15) is 14.7 Å². The van der Waals surface area contributed by atoms with Gasteiger partial charge in [0, 0.05) is 25.6 Å². The molecule has 1 saturated heterocycles. The Balaban J connectivity index is 2.52. The number of hydrogen-bond acceptors (Lipinski definition) is 4. The van der Waals surface area contributed by atoms with Gasteiger partial charge < -0.3 is 25.3 Å². The van der Waals surface area contributed by atoms with Crippen LogP contribution in [0, 0.1) is 0 Å². The Kier molecular flexibility index (Phi) is 4.92. The molecule has 1 aliphatic heterocycles. The maximum absolute atomic E-state index is 11.9. The molecule has 18 heavy (non-hydrogen) atoms. The van der Waals surface area contributed by atoms with E-state index in [4.69, 9.17) is 5.11 Å². The molecule has 0 spiro atoms. The first-order chi connectivity index (χ1) is 8.32. The van der Waals surface area contributed by atoms with Crippen LogP contribution in [0.1, 0.15) is 13.3 Å². The summed E-state index contributed by atoms with van der Waals surface area (Å²) in [5.41, 5.74) is 0. The lowest BCUT2D eigenvalue weighted by Crippen LogP contribution is -2.49. The van der Waals surface area contributed by atoms with Crippen molar-refractivity contribution in [2.24, 2.45) is 0 Å². The highest BCUT2D eigenvalue weighted by Crippen LogP contribution is 2.18. The predicted octanol–water partition coefficient (Wildman–Crippen LogP) is -0.834. The average Bonchev–Trinajstić information content (AvgIpc) is 2.67. The van der Waals surface area contributed by atoms with Crippen molar-refractivity contribution in [2.45, 2.75) is 31.5 Å². The van der Waals surface area contributed by atoms with Crippen LogP contribution in [0.2, 0.25) is 0 Å². The molecule has 1 heterocycles. The van der Waals surface area contributed by atoms with Gasteiger partial charge in [0.1, 0.15) is 6.04 Å². The van der Waals surface area contributed by atoms with Gasteiger partial charge in [-0.2, -0.15) is 0 Å². The Morgan fingerprint density at radius 3 is 2.61 bits per heavy atom. The Hall–Kier alpha value is -1.34. The summed E-state index contributed by atoms with van der Waals surface area (Å²) in [5.74, 6) is -1.08. The first kappa shape index (κ1) is 14.7. The Morgan fingerprint density at radius 2 is 2.11 bits per heavy atom. The molecule has 0 aliphatic carbocycles. The van der Waals surface area contributed by atoms with Crippen LogP contribution < -0.4 is 5.32 Å². The van der Waals surface area contributed by atoms with Crippen molar-refractivity contribution in [3.63, 3.8) is 0 Å². The maximum atomic E-state index is 11.9. The van der Waals surface area contributed by atoms with Crippen LogP contribution >= 0.6 is 0 Å². The molecule has 0 aromatic heterocycles. The van der Waals surface area contributed by atoms with Gasteiger partial charge in [-0.05, 0) is 21.0 Å². The van der Waals surface area contributed by atoms with E-state index in [1.807, 2.05) is 25.9 Å². The molecule has 1 fully saturated rings. The van der Waals surface area contributed by atoms with Gasteiger partial charge in [-0.3, -0.25) is 0 Å². The van der Waals surface area contributed by atoms with E-state index in [0.29, 0.717) is 6.54 Å². The molecule has 2 unspecified atom stereocenters. The van der Waals surface area contributed by atoms with Crippen molar-refractivity contribution < 1.29 is 19.8 Å². The minimum absolute atomic E-state index is 0.0686. The van der Waals surface area contributed by atoms with Crippen molar-refractivity contribution in [1.82, 2.24) is 15.1 Å². The zero-order valence-electron chi connectivity index (χ0n) is 11.0. The van der Waals surface area contributed by atoms with Crippen molar-refractivity contribution in [3.8, 4) is 0 Å². The zero-order valence-corrected chi connectivity index (χ0v) is 11.0. The van der Waals surface area contributed by atoms with Crippen LogP contribution in [-0.2, 0) is 4.79 Å². The predicted molar refractivity (Wildman–Crippen MR) is 65.3 cm³/mol. The highest BCUT2D eigenvalue weighted by atomic mass is 16.4. The van der Waals surface area contributed by atoms with E-state index in [2.05, 4.69) is 5.32 Å². The molecule has 3 atom stereocenters. The van der Waals surface area contributed by atoms with Gasteiger partial charge >= 0.3 is 12.0 Å². The van der Waals surface area contributed by atoms with Crippen LogP contribution in [0.3, 0.4) is 0 Å². The molecule has 0 aromatic carbocycles. The fraction of sp³-hybridized carbons (Fsp3) is 0.818. The van der Waals surface area contributed by atoms with E-state index < -0.39 is 24.1 Å². The molecule has 0 saturated carbocycles. The topological polar surface area (TPSA) is 93.1 Å². The van der Waals surface area contributed by atoms with Crippen molar-refractivity contribution in [3.05, 3.63) is 0 Å². The number of aliphatic hydroxyl groups is 1. The summed E-state index contributed by atoms with van der Waals surface area (Å²) in [6.45, 7) is 2.46. The third-order valence-electron chi connectivity index (χ3n) is 3.26. The second-order valence-electron chi connectivity index (χ2n) is 4.89. The van der Waals surface area contributed by atoms with Crippen LogP contribution in [0.25, 0.3) is 0 Å². The van der Waals surface area contributed by atoms with Crippen molar-refractivity contribution in [1.29, 1.82) is 0 Å². The lowest BCUT2D eigenvalue weighted by atomic mass is 10.2. The monoisotopic (exact) mass is 259 g/mol. The van der Waals surface area contributed by atoms with Gasteiger partial charge in [-0.25, -0.2) is 9.59 Å². The smallest absolute Gasteiger partial charge is 0.326 e. The lowest BCUT2D eigenvalue weighted by Gasteiger charge is -2.24. The molecule has 0 radical (unpaired) electrons. The van der Waals surface area contributed by atoms with Crippen LogP contribution in [0.4, 0.5) is 4.79 Å². The van der Waals surface area contributed by atoms with E-state index in [1.54, 1.807) is 0 Å². The minimum atomic E-state index is -1.08. The first-order valence-corrected chi connectivity index (χ1v) is 5.94. The van der Waals surface area contributed by atoms with E-state index in [1.165, 1.54) is 4.90 Å². The fourth-order valence-corrected chi connectivity index (χ4v) is 1.79. The van der Waals surface area contributed by atoms with Gasteiger partial charge in [0.15, 0.2) is 0 Å². The average molecular weight is 259 g/mol. The number of nitrogens with zero attached hydrogens (tertiary/aromatic N) is 2. The number of likely N-dealkylation sites (tertiary alicyclic amines) is 1.